The Kier molecular flexibility index (Phi) is 15.1. The zero-order valence-electron chi connectivity index (χ0n) is 24.8. The second-order valence-electron chi connectivity index (χ2n) is 9.75. The van der Waals surface area contributed by atoms with E-state index in [1.54, 1.807) is 30.3 Å². The first kappa shape index (κ1) is 35.5. The lowest BCUT2D eigenvalue weighted by Gasteiger charge is -2.11. The van der Waals surface area contributed by atoms with Gasteiger partial charge in [0.15, 0.2) is 0 Å². The summed E-state index contributed by atoms with van der Waals surface area (Å²) in [6.07, 6.45) is 0.854. The molecule has 0 fully saturated rings. The van der Waals surface area contributed by atoms with Crippen LogP contribution in [0.15, 0.2) is 84.9 Å². The Hall–Kier alpha value is -4.70. The molecule has 0 unspecified atom stereocenters. The Morgan fingerprint density at radius 1 is 0.886 bits per heavy atom. The van der Waals surface area contributed by atoms with Gasteiger partial charge in [0.2, 0.25) is 12.3 Å². The van der Waals surface area contributed by atoms with Gasteiger partial charge >= 0.3 is 6.18 Å². The van der Waals surface area contributed by atoms with E-state index in [-0.39, 0.29) is 5.91 Å². The van der Waals surface area contributed by atoms with Crippen molar-refractivity contribution in [3.63, 3.8) is 0 Å². The number of nitrogens with two attached hydrogens (primary N) is 1. The standard InChI is InChI=1S/C18H11F3O2.C10H14N2O.C6H13NO/c19-18(20,21)14-5-7-15(8-6-14)23-17-3-1-2-13-10-12(11-22)4-9-16(13)17;1-11-6-9-3-2-4-10(5-9)7-12-8-13;1-2-3-4-5-6(7)8/h1-11H;2-5,8,11H,6-7H2,1H3,(H,12,13);2-5H2,1H3,(H2,7,8). The molecule has 44 heavy (non-hydrogen) atoms. The number of hydrogen-bond donors (Lipinski definition) is 3. The zero-order valence-corrected chi connectivity index (χ0v) is 24.8. The molecule has 0 atom stereocenters. The number of aldehydes is 1. The predicted molar refractivity (Wildman–Crippen MR) is 166 cm³/mol. The molecule has 0 saturated carbocycles. The van der Waals surface area contributed by atoms with Crippen LogP contribution in [0.5, 0.6) is 11.5 Å². The molecule has 234 valence electrons. The molecule has 10 heteroatoms. The van der Waals surface area contributed by atoms with Gasteiger partial charge in [-0.1, -0.05) is 62.2 Å². The van der Waals surface area contributed by atoms with Crippen LogP contribution in [0.25, 0.3) is 10.8 Å². The van der Waals surface area contributed by atoms with E-state index in [2.05, 4.69) is 29.7 Å². The van der Waals surface area contributed by atoms with Crippen molar-refractivity contribution in [1.29, 1.82) is 0 Å². The molecule has 0 saturated heterocycles. The first-order valence-electron chi connectivity index (χ1n) is 14.1. The second kappa shape index (κ2) is 18.8. The molecule has 4 aromatic carbocycles. The zero-order chi connectivity index (χ0) is 32.4. The van der Waals surface area contributed by atoms with E-state index in [0.29, 0.717) is 36.4 Å². The van der Waals surface area contributed by atoms with Gasteiger partial charge in [0.25, 0.3) is 0 Å². The maximum absolute atomic E-state index is 12.6. The summed E-state index contributed by atoms with van der Waals surface area (Å²) in [4.78, 5) is 31.0. The number of rotatable bonds is 12. The number of benzene rings is 4. The molecular formula is C34H38F3N3O4. The molecule has 4 rings (SSSR count). The van der Waals surface area contributed by atoms with Crippen LogP contribution < -0.4 is 21.1 Å². The summed E-state index contributed by atoms with van der Waals surface area (Å²) >= 11 is 0. The fourth-order valence-electron chi connectivity index (χ4n) is 4.04. The molecule has 0 aliphatic rings. The van der Waals surface area contributed by atoms with Gasteiger partial charge in [-0.3, -0.25) is 14.4 Å². The molecule has 0 aromatic heterocycles. The first-order valence-corrected chi connectivity index (χ1v) is 14.1. The molecular weight excluding hydrogens is 571 g/mol. The number of alkyl halides is 3. The van der Waals surface area contributed by atoms with Gasteiger partial charge in [-0.25, -0.2) is 0 Å². The van der Waals surface area contributed by atoms with E-state index in [9.17, 15) is 27.6 Å². The average molecular weight is 610 g/mol. The van der Waals surface area contributed by atoms with E-state index in [1.165, 1.54) is 17.7 Å². The van der Waals surface area contributed by atoms with Gasteiger partial charge in [0, 0.05) is 30.5 Å². The fourth-order valence-corrected chi connectivity index (χ4v) is 4.04. The number of unbranched alkanes of at least 4 members (excludes halogenated alkanes) is 2. The van der Waals surface area contributed by atoms with Crippen LogP contribution in [0.1, 0.15) is 59.7 Å². The Morgan fingerprint density at radius 2 is 1.57 bits per heavy atom. The monoisotopic (exact) mass is 609 g/mol. The Morgan fingerprint density at radius 3 is 2.16 bits per heavy atom. The summed E-state index contributed by atoms with van der Waals surface area (Å²) in [5.41, 5.74) is 7.07. The number of amides is 2. The molecule has 0 bridgehead atoms. The lowest BCUT2D eigenvalue weighted by Crippen LogP contribution is -2.10. The number of carbonyl (C=O) groups is 3. The maximum Gasteiger partial charge on any atom is 0.416 e. The number of primary amides is 1. The minimum atomic E-state index is -4.37. The van der Waals surface area contributed by atoms with Gasteiger partial charge < -0.3 is 21.1 Å². The van der Waals surface area contributed by atoms with Crippen molar-refractivity contribution < 1.29 is 32.3 Å². The number of hydrogen-bond acceptors (Lipinski definition) is 5. The normalized spacial score (nSPS) is 10.5. The maximum atomic E-state index is 12.6. The average Bonchev–Trinajstić information content (AvgIpc) is 3.01. The smallest absolute Gasteiger partial charge is 0.416 e. The van der Waals surface area contributed by atoms with Crippen molar-refractivity contribution in [1.82, 2.24) is 10.6 Å². The van der Waals surface area contributed by atoms with Crippen molar-refractivity contribution in [3.05, 3.63) is 107 Å². The topological polar surface area (TPSA) is 111 Å². The molecule has 4 N–H and O–H groups in total. The number of carbonyl (C=O) groups excluding carboxylic acids is 3. The largest absolute Gasteiger partial charge is 0.457 e. The Bertz CT molecular complexity index is 1480. The van der Waals surface area contributed by atoms with Gasteiger partial charge in [-0.2, -0.15) is 13.2 Å². The van der Waals surface area contributed by atoms with Crippen molar-refractivity contribution in [3.8, 4) is 11.5 Å². The van der Waals surface area contributed by atoms with Crippen LogP contribution in [0.3, 0.4) is 0 Å². The number of halogens is 3. The van der Waals surface area contributed by atoms with Gasteiger partial charge in [0.1, 0.15) is 17.8 Å². The number of ether oxygens (including phenoxy) is 1. The van der Waals surface area contributed by atoms with Crippen LogP contribution in [-0.2, 0) is 28.9 Å². The van der Waals surface area contributed by atoms with Gasteiger partial charge in [0.05, 0.1) is 5.56 Å². The number of fused-ring (bicyclic) bond motifs is 1. The van der Waals surface area contributed by atoms with E-state index < -0.39 is 11.7 Å². The van der Waals surface area contributed by atoms with Crippen molar-refractivity contribution in [2.24, 2.45) is 5.73 Å². The van der Waals surface area contributed by atoms with Gasteiger partial charge in [-0.15, -0.1) is 0 Å². The summed E-state index contributed by atoms with van der Waals surface area (Å²) in [5.74, 6) is 0.642. The summed E-state index contributed by atoms with van der Waals surface area (Å²) < 4.78 is 43.3. The SMILES string of the molecule is CCCCCC(N)=O.CNCc1cccc(CNC=O)c1.O=Cc1ccc2c(Oc3ccc(C(F)(F)F)cc3)cccc2c1. The molecule has 0 aliphatic heterocycles. The highest BCUT2D eigenvalue weighted by atomic mass is 19.4. The molecule has 2 amide bonds. The van der Waals surface area contributed by atoms with Crippen LogP contribution in [-0.4, -0.2) is 25.7 Å². The molecule has 0 heterocycles. The van der Waals surface area contributed by atoms with Crippen LogP contribution in [0, 0.1) is 0 Å². The Balaban J connectivity index is 0.000000271. The highest BCUT2D eigenvalue weighted by Crippen LogP contribution is 2.33. The number of nitrogens with one attached hydrogen (secondary N) is 2. The third-order valence-corrected chi connectivity index (χ3v) is 6.20. The van der Waals surface area contributed by atoms with E-state index >= 15 is 0 Å². The molecule has 4 aromatic rings. The van der Waals surface area contributed by atoms with Crippen LogP contribution in [0.4, 0.5) is 13.2 Å². The molecule has 0 radical (unpaired) electrons. The summed E-state index contributed by atoms with van der Waals surface area (Å²) in [5, 5.41) is 7.30. The minimum Gasteiger partial charge on any atom is -0.457 e. The minimum absolute atomic E-state index is 0.182. The van der Waals surface area contributed by atoms with Crippen LogP contribution in [0.2, 0.25) is 0 Å². The van der Waals surface area contributed by atoms with Crippen molar-refractivity contribution in [2.75, 3.05) is 7.05 Å². The highest BCUT2D eigenvalue weighted by molar-refractivity contribution is 5.92. The highest BCUT2D eigenvalue weighted by Gasteiger charge is 2.30. The Labute approximate surface area is 255 Å². The summed E-state index contributed by atoms with van der Waals surface area (Å²) in [6.45, 7) is 3.55. The summed E-state index contributed by atoms with van der Waals surface area (Å²) in [7, 11) is 1.91. The lowest BCUT2D eigenvalue weighted by molar-refractivity contribution is -0.137. The first-order chi connectivity index (χ1) is 21.1. The predicted octanol–water partition coefficient (Wildman–Crippen LogP) is 7.17. The fraction of sp³-hybridized carbons (Fsp3) is 0.265. The van der Waals surface area contributed by atoms with E-state index in [0.717, 1.165) is 60.6 Å². The second-order valence-corrected chi connectivity index (χ2v) is 9.75. The summed E-state index contributed by atoms with van der Waals surface area (Å²) in [6, 6.07) is 23.1. The van der Waals surface area contributed by atoms with Crippen molar-refractivity contribution >= 4 is 29.4 Å². The van der Waals surface area contributed by atoms with E-state index in [1.807, 2.05) is 25.2 Å². The quantitative estimate of drug-likeness (QED) is 0.117. The van der Waals surface area contributed by atoms with Crippen LogP contribution >= 0.6 is 0 Å². The third-order valence-electron chi connectivity index (χ3n) is 6.20. The molecule has 0 spiro atoms. The molecule has 0 aliphatic carbocycles. The van der Waals surface area contributed by atoms with Crippen molar-refractivity contribution in [2.45, 2.75) is 51.9 Å². The lowest BCUT2D eigenvalue weighted by atomic mass is 10.1. The van der Waals surface area contributed by atoms with E-state index in [4.69, 9.17) is 10.5 Å². The third kappa shape index (κ3) is 12.7. The van der Waals surface area contributed by atoms with Gasteiger partial charge in [-0.05, 0) is 72.4 Å². The molecule has 7 nitrogen and oxygen atoms in total.